The van der Waals surface area contributed by atoms with Gasteiger partial charge in [-0.15, -0.1) is 0 Å². The maximum Gasteiger partial charge on any atom is 0.223 e. The quantitative estimate of drug-likeness (QED) is 0.838. The van der Waals surface area contributed by atoms with E-state index in [0.717, 1.165) is 42.5 Å². The van der Waals surface area contributed by atoms with Crippen molar-refractivity contribution in [1.82, 2.24) is 15.3 Å². The number of para-hydroxylation sites is 2. The number of fused-ring (bicyclic) bond motifs is 1. The lowest BCUT2D eigenvalue weighted by Crippen LogP contribution is -2.32. The van der Waals surface area contributed by atoms with Gasteiger partial charge in [0.1, 0.15) is 5.82 Å². The van der Waals surface area contributed by atoms with Gasteiger partial charge in [0.2, 0.25) is 5.91 Å². The highest BCUT2D eigenvalue weighted by molar-refractivity contribution is 5.79. The topological polar surface area (TPSA) is 57.8 Å². The Balaban J connectivity index is 1.52. The molecule has 3 rings (SSSR count). The van der Waals surface area contributed by atoms with E-state index in [-0.39, 0.29) is 11.8 Å². The highest BCUT2D eigenvalue weighted by Gasteiger charge is 2.17. The Hall–Kier alpha value is -2.10. The second kappa shape index (κ2) is 5.90. The van der Waals surface area contributed by atoms with Gasteiger partial charge in [-0.05, 0) is 31.4 Å². The molecule has 4 heteroatoms. The molecule has 1 aromatic carbocycles. The normalized spacial score (nSPS) is 18.3. The van der Waals surface area contributed by atoms with E-state index < -0.39 is 0 Å². The molecule has 0 radical (unpaired) electrons. The van der Waals surface area contributed by atoms with Crippen molar-refractivity contribution in [3.63, 3.8) is 0 Å². The molecule has 1 heterocycles. The molecule has 0 saturated heterocycles. The fourth-order valence-electron chi connectivity index (χ4n) is 2.60. The molecule has 0 bridgehead atoms. The molecule has 0 spiro atoms. The molecule has 1 aliphatic rings. The number of carbonyl (C=O) groups is 1. The van der Waals surface area contributed by atoms with Gasteiger partial charge >= 0.3 is 0 Å². The lowest BCUT2D eigenvalue weighted by atomic mass is 9.94. The summed E-state index contributed by atoms with van der Waals surface area (Å²) in [7, 11) is 0. The van der Waals surface area contributed by atoms with E-state index >= 15 is 0 Å². The van der Waals surface area contributed by atoms with Crippen LogP contribution in [0.15, 0.2) is 36.4 Å². The zero-order valence-electron chi connectivity index (χ0n) is 11.4. The molecule has 0 aliphatic heterocycles. The van der Waals surface area contributed by atoms with Crippen molar-refractivity contribution in [3.8, 4) is 0 Å². The summed E-state index contributed by atoms with van der Waals surface area (Å²) < 4.78 is 0. The highest BCUT2D eigenvalue weighted by atomic mass is 16.1. The Morgan fingerprint density at radius 2 is 2.25 bits per heavy atom. The van der Waals surface area contributed by atoms with E-state index in [2.05, 4.69) is 27.4 Å². The van der Waals surface area contributed by atoms with Gasteiger partial charge in [0.25, 0.3) is 0 Å². The molecule has 0 saturated carbocycles. The van der Waals surface area contributed by atoms with E-state index in [1.165, 1.54) is 0 Å². The predicted molar refractivity (Wildman–Crippen MR) is 79.3 cm³/mol. The van der Waals surface area contributed by atoms with Crippen LogP contribution in [0.5, 0.6) is 0 Å². The number of carbonyl (C=O) groups excluding carboxylic acids is 1. The first-order chi connectivity index (χ1) is 9.83. The van der Waals surface area contributed by atoms with Crippen LogP contribution in [-0.4, -0.2) is 22.4 Å². The van der Waals surface area contributed by atoms with Crippen LogP contribution in [0.25, 0.3) is 11.0 Å². The zero-order chi connectivity index (χ0) is 13.8. The van der Waals surface area contributed by atoms with E-state index in [1.807, 2.05) is 24.3 Å². The lowest BCUT2D eigenvalue weighted by molar-refractivity contribution is -0.125. The average molecular weight is 269 g/mol. The largest absolute Gasteiger partial charge is 0.355 e. The molecular formula is C16H19N3O. The number of nitrogens with one attached hydrogen (secondary N) is 2. The minimum atomic E-state index is 0.149. The SMILES string of the molecule is O=C(NCCc1nc2ccccc2[nH]1)[C@@H]1CC=CCC1. The van der Waals surface area contributed by atoms with Gasteiger partial charge in [0.15, 0.2) is 0 Å². The second-order valence-electron chi connectivity index (χ2n) is 5.22. The van der Waals surface area contributed by atoms with Crippen molar-refractivity contribution in [2.24, 2.45) is 5.92 Å². The average Bonchev–Trinajstić information content (AvgIpc) is 2.90. The monoisotopic (exact) mass is 269 g/mol. The van der Waals surface area contributed by atoms with Crippen molar-refractivity contribution in [2.45, 2.75) is 25.7 Å². The van der Waals surface area contributed by atoms with Crippen LogP contribution in [0.2, 0.25) is 0 Å². The van der Waals surface area contributed by atoms with Crippen LogP contribution in [0.4, 0.5) is 0 Å². The number of H-pyrrole nitrogens is 1. The number of amides is 1. The summed E-state index contributed by atoms with van der Waals surface area (Å²) in [5.41, 5.74) is 2.03. The maximum atomic E-state index is 12.0. The standard InChI is InChI=1S/C16H19N3O/c20-16(12-6-2-1-3-7-12)17-11-10-15-18-13-8-4-5-9-14(13)19-15/h1-2,4-5,8-9,12H,3,6-7,10-11H2,(H,17,20)(H,18,19)/t12-/m1/s1. The van der Waals surface area contributed by atoms with Crippen molar-refractivity contribution in [2.75, 3.05) is 6.54 Å². The van der Waals surface area contributed by atoms with Gasteiger partial charge in [0.05, 0.1) is 11.0 Å². The third kappa shape index (κ3) is 2.90. The Labute approximate surface area is 118 Å². The molecule has 20 heavy (non-hydrogen) atoms. The van der Waals surface area contributed by atoms with Crippen LogP contribution in [0.1, 0.15) is 25.1 Å². The van der Waals surface area contributed by atoms with Crippen molar-refractivity contribution in [3.05, 3.63) is 42.2 Å². The number of aromatic nitrogens is 2. The van der Waals surface area contributed by atoms with E-state index in [9.17, 15) is 4.79 Å². The number of benzene rings is 1. The number of aromatic amines is 1. The van der Waals surface area contributed by atoms with Gasteiger partial charge in [-0.2, -0.15) is 0 Å². The van der Waals surface area contributed by atoms with Crippen molar-refractivity contribution >= 4 is 16.9 Å². The Morgan fingerprint density at radius 3 is 3.05 bits per heavy atom. The Morgan fingerprint density at radius 1 is 1.35 bits per heavy atom. The minimum absolute atomic E-state index is 0.149. The number of allylic oxidation sites excluding steroid dienone is 2. The predicted octanol–water partition coefficient (Wildman–Crippen LogP) is 2.58. The first kappa shape index (κ1) is 12.9. The molecule has 104 valence electrons. The summed E-state index contributed by atoms with van der Waals surface area (Å²) >= 11 is 0. The van der Waals surface area contributed by atoms with Crippen LogP contribution >= 0.6 is 0 Å². The maximum absolute atomic E-state index is 12.0. The van der Waals surface area contributed by atoms with Crippen molar-refractivity contribution in [1.29, 1.82) is 0 Å². The molecule has 1 atom stereocenters. The number of imidazole rings is 1. The number of nitrogens with zero attached hydrogens (tertiary/aromatic N) is 1. The van der Waals surface area contributed by atoms with Gasteiger partial charge in [0, 0.05) is 18.9 Å². The molecule has 0 fully saturated rings. The first-order valence-electron chi connectivity index (χ1n) is 7.19. The highest BCUT2D eigenvalue weighted by Crippen LogP contribution is 2.18. The summed E-state index contributed by atoms with van der Waals surface area (Å²) in [6, 6.07) is 7.97. The molecule has 2 aromatic rings. The summed E-state index contributed by atoms with van der Waals surface area (Å²) in [6.07, 6.45) is 7.85. The molecule has 4 nitrogen and oxygen atoms in total. The van der Waals surface area contributed by atoms with Gasteiger partial charge in [-0.25, -0.2) is 4.98 Å². The number of hydrogen-bond donors (Lipinski definition) is 2. The van der Waals surface area contributed by atoms with Gasteiger partial charge < -0.3 is 10.3 Å². The Kier molecular flexibility index (Phi) is 3.81. The number of hydrogen-bond acceptors (Lipinski definition) is 2. The summed E-state index contributed by atoms with van der Waals surface area (Å²) in [5, 5.41) is 3.01. The Bertz CT molecular complexity index is 596. The van der Waals surface area contributed by atoms with E-state index in [1.54, 1.807) is 0 Å². The lowest BCUT2D eigenvalue weighted by Gasteiger charge is -2.16. The molecule has 0 unspecified atom stereocenters. The van der Waals surface area contributed by atoms with Crippen molar-refractivity contribution < 1.29 is 4.79 Å². The van der Waals surface area contributed by atoms with E-state index in [4.69, 9.17) is 0 Å². The third-order valence-electron chi connectivity index (χ3n) is 3.74. The fraction of sp³-hybridized carbons (Fsp3) is 0.375. The molecule has 2 N–H and O–H groups in total. The van der Waals surface area contributed by atoms with E-state index in [0.29, 0.717) is 6.54 Å². The van der Waals surface area contributed by atoms with Crippen LogP contribution in [0.3, 0.4) is 0 Å². The summed E-state index contributed by atoms with van der Waals surface area (Å²) in [5.74, 6) is 1.25. The third-order valence-corrected chi connectivity index (χ3v) is 3.74. The van der Waals surface area contributed by atoms with Crippen LogP contribution in [-0.2, 0) is 11.2 Å². The van der Waals surface area contributed by atoms with Crippen LogP contribution in [0, 0.1) is 5.92 Å². The molecular weight excluding hydrogens is 250 g/mol. The molecule has 1 aliphatic carbocycles. The fourth-order valence-corrected chi connectivity index (χ4v) is 2.60. The summed E-state index contributed by atoms with van der Waals surface area (Å²) in [4.78, 5) is 19.8. The van der Waals surface area contributed by atoms with Gasteiger partial charge in [-0.3, -0.25) is 4.79 Å². The summed E-state index contributed by atoms with van der Waals surface area (Å²) in [6.45, 7) is 0.638. The van der Waals surface area contributed by atoms with Crippen LogP contribution < -0.4 is 5.32 Å². The number of rotatable bonds is 4. The molecule has 1 amide bonds. The zero-order valence-corrected chi connectivity index (χ0v) is 11.4. The minimum Gasteiger partial charge on any atom is -0.355 e. The first-order valence-corrected chi connectivity index (χ1v) is 7.19. The molecule has 1 aromatic heterocycles. The smallest absolute Gasteiger partial charge is 0.223 e. The second-order valence-corrected chi connectivity index (χ2v) is 5.22. The van der Waals surface area contributed by atoms with Gasteiger partial charge in [-0.1, -0.05) is 24.3 Å².